The molecule has 0 atom stereocenters. The normalized spacial score (nSPS) is 16.4. The predicted octanol–water partition coefficient (Wildman–Crippen LogP) is 2.73. The van der Waals surface area contributed by atoms with Gasteiger partial charge in [-0.25, -0.2) is 8.78 Å². The molecule has 1 aliphatic rings. The minimum absolute atomic E-state index is 0. The van der Waals surface area contributed by atoms with E-state index in [1.165, 1.54) is 0 Å². The molecular formula is C10H12F2NY-. The largest absolute Gasteiger partial charge is 0.463 e. The molecule has 0 aromatic rings. The SMILES string of the molecule is C=C1C(CC(F)F)=[C-]N(C)C=C1C.[Y]. The van der Waals surface area contributed by atoms with Gasteiger partial charge < -0.3 is 4.90 Å². The topological polar surface area (TPSA) is 3.24 Å². The Hall–Kier alpha value is -0.0161. The van der Waals surface area contributed by atoms with Gasteiger partial charge in [0, 0.05) is 39.1 Å². The van der Waals surface area contributed by atoms with Gasteiger partial charge in [-0.05, 0) is 7.05 Å². The van der Waals surface area contributed by atoms with Crippen LogP contribution in [0.4, 0.5) is 8.78 Å². The van der Waals surface area contributed by atoms with Crippen molar-refractivity contribution in [2.75, 3.05) is 7.05 Å². The maximum Gasteiger partial charge on any atom is 0.240 e. The fourth-order valence-electron chi connectivity index (χ4n) is 1.24. The third-order valence-electron chi connectivity index (χ3n) is 1.90. The Kier molecular flexibility index (Phi) is 5.76. The number of hydrogen-bond acceptors (Lipinski definition) is 1. The van der Waals surface area contributed by atoms with E-state index >= 15 is 0 Å². The summed E-state index contributed by atoms with van der Waals surface area (Å²) < 4.78 is 24.2. The smallest absolute Gasteiger partial charge is 0.240 e. The zero-order chi connectivity index (χ0) is 10.0. The Morgan fingerprint density at radius 2 is 2.14 bits per heavy atom. The Bertz CT molecular complexity index is 282. The molecule has 0 fully saturated rings. The third kappa shape index (κ3) is 3.62. The average Bonchev–Trinajstić information content (AvgIpc) is 1.98. The quantitative estimate of drug-likeness (QED) is 0.699. The number of halogens is 2. The fraction of sp³-hybridized carbons (Fsp3) is 0.400. The van der Waals surface area contributed by atoms with E-state index in [1.807, 2.05) is 13.1 Å². The maximum atomic E-state index is 12.1. The Labute approximate surface area is 108 Å². The average molecular weight is 273 g/mol. The van der Waals surface area contributed by atoms with Gasteiger partial charge in [0.15, 0.2) is 0 Å². The molecule has 0 bridgehead atoms. The molecule has 0 spiro atoms. The molecule has 4 heteroatoms. The van der Waals surface area contributed by atoms with E-state index in [9.17, 15) is 8.78 Å². The Balaban J connectivity index is 0.00000169. The van der Waals surface area contributed by atoms with E-state index in [-0.39, 0.29) is 39.1 Å². The van der Waals surface area contributed by atoms with Crippen molar-refractivity contribution in [1.29, 1.82) is 0 Å². The number of rotatable bonds is 2. The van der Waals surface area contributed by atoms with Crippen LogP contribution in [0.2, 0.25) is 0 Å². The minimum Gasteiger partial charge on any atom is -0.463 e. The van der Waals surface area contributed by atoms with Gasteiger partial charge in [0.05, 0.1) is 0 Å². The fourth-order valence-corrected chi connectivity index (χ4v) is 1.24. The van der Waals surface area contributed by atoms with Crippen LogP contribution in [0, 0.1) is 6.20 Å². The van der Waals surface area contributed by atoms with Gasteiger partial charge in [-0.15, -0.1) is 29.5 Å². The molecule has 1 radical (unpaired) electrons. The molecule has 0 aliphatic carbocycles. The van der Waals surface area contributed by atoms with E-state index in [1.54, 1.807) is 11.9 Å². The van der Waals surface area contributed by atoms with Gasteiger partial charge in [0.1, 0.15) is 0 Å². The zero-order valence-corrected chi connectivity index (χ0v) is 11.2. The Morgan fingerprint density at radius 3 is 2.64 bits per heavy atom. The van der Waals surface area contributed by atoms with Crippen LogP contribution in [0.15, 0.2) is 29.5 Å². The Morgan fingerprint density at radius 1 is 1.57 bits per heavy atom. The first kappa shape index (κ1) is 14.0. The van der Waals surface area contributed by atoms with Gasteiger partial charge in [-0.1, -0.05) is 13.1 Å². The van der Waals surface area contributed by atoms with Crippen LogP contribution in [-0.4, -0.2) is 18.4 Å². The van der Waals surface area contributed by atoms with Crippen molar-refractivity contribution in [3.63, 3.8) is 0 Å². The zero-order valence-electron chi connectivity index (χ0n) is 8.35. The van der Waals surface area contributed by atoms with Crippen LogP contribution in [0.5, 0.6) is 0 Å². The van der Waals surface area contributed by atoms with Gasteiger partial charge >= 0.3 is 0 Å². The molecule has 0 unspecified atom stereocenters. The number of allylic oxidation sites excluding steroid dienone is 3. The van der Waals surface area contributed by atoms with E-state index in [4.69, 9.17) is 0 Å². The second-order valence-electron chi connectivity index (χ2n) is 3.09. The van der Waals surface area contributed by atoms with Crippen molar-refractivity contribution in [3.8, 4) is 0 Å². The molecular weight excluding hydrogens is 261 g/mol. The van der Waals surface area contributed by atoms with Gasteiger partial charge in [0.25, 0.3) is 0 Å². The van der Waals surface area contributed by atoms with Gasteiger partial charge in [0.2, 0.25) is 6.43 Å². The first-order chi connectivity index (χ1) is 6.00. The van der Waals surface area contributed by atoms with Crippen LogP contribution in [0.1, 0.15) is 13.3 Å². The minimum atomic E-state index is -2.33. The van der Waals surface area contributed by atoms with Crippen molar-refractivity contribution < 1.29 is 41.5 Å². The summed E-state index contributed by atoms with van der Waals surface area (Å²) in [6.07, 6.45) is 2.03. The van der Waals surface area contributed by atoms with Crippen LogP contribution in [0.3, 0.4) is 0 Å². The second-order valence-corrected chi connectivity index (χ2v) is 3.09. The van der Waals surface area contributed by atoms with Gasteiger partial charge in [-0.2, -0.15) is 0 Å². The molecule has 0 saturated heterocycles. The molecule has 14 heavy (non-hydrogen) atoms. The van der Waals surface area contributed by atoms with Crippen molar-refractivity contribution in [3.05, 3.63) is 35.7 Å². The molecule has 0 saturated carbocycles. The molecule has 1 aliphatic heterocycles. The van der Waals surface area contributed by atoms with Crippen LogP contribution < -0.4 is 0 Å². The number of alkyl halides is 2. The summed E-state index contributed by atoms with van der Waals surface area (Å²) >= 11 is 0. The predicted molar refractivity (Wildman–Crippen MR) is 48.0 cm³/mol. The summed E-state index contributed by atoms with van der Waals surface area (Å²) in [5.74, 6) is 0. The van der Waals surface area contributed by atoms with Gasteiger partial charge in [-0.3, -0.25) is 0 Å². The molecule has 0 amide bonds. The summed E-state index contributed by atoms with van der Waals surface area (Å²) in [7, 11) is 1.77. The second kappa shape index (κ2) is 5.77. The first-order valence-electron chi connectivity index (χ1n) is 4.02. The van der Waals surface area contributed by atoms with Crippen LogP contribution in [0.25, 0.3) is 0 Å². The summed E-state index contributed by atoms with van der Waals surface area (Å²) in [6.45, 7) is 5.59. The summed E-state index contributed by atoms with van der Waals surface area (Å²) in [4.78, 5) is 1.65. The van der Waals surface area contributed by atoms with Crippen LogP contribution in [-0.2, 0) is 32.7 Å². The number of hydrogen-bond donors (Lipinski definition) is 0. The molecule has 1 rings (SSSR count). The third-order valence-corrected chi connectivity index (χ3v) is 1.90. The molecule has 75 valence electrons. The molecule has 0 aromatic carbocycles. The first-order valence-corrected chi connectivity index (χ1v) is 4.02. The van der Waals surface area contributed by atoms with Crippen molar-refractivity contribution in [1.82, 2.24) is 4.90 Å². The molecule has 1 nitrogen and oxygen atoms in total. The molecule has 1 heterocycles. The van der Waals surface area contributed by atoms with Crippen molar-refractivity contribution in [2.24, 2.45) is 0 Å². The van der Waals surface area contributed by atoms with E-state index in [0.717, 1.165) is 5.57 Å². The summed E-state index contributed by atoms with van der Waals surface area (Å²) in [5, 5.41) is 0. The van der Waals surface area contributed by atoms with Crippen molar-refractivity contribution in [2.45, 2.75) is 19.8 Å². The standard InChI is InChI=1S/C10H12F2N.Y/c1-7-5-13(3)6-9(8(7)2)4-10(11)12;/h5,10H,2,4H2,1,3H3;/q-1;. The molecule has 0 aromatic heterocycles. The summed E-state index contributed by atoms with van der Waals surface area (Å²) in [5.41, 5.74) is 2.08. The van der Waals surface area contributed by atoms with E-state index in [2.05, 4.69) is 12.8 Å². The van der Waals surface area contributed by atoms with Crippen LogP contribution >= 0.6 is 0 Å². The number of nitrogens with zero attached hydrogens (tertiary/aromatic N) is 1. The molecule has 0 N–H and O–H groups in total. The van der Waals surface area contributed by atoms with E-state index < -0.39 is 6.43 Å². The van der Waals surface area contributed by atoms with E-state index in [0.29, 0.717) is 11.1 Å². The summed E-state index contributed by atoms with van der Waals surface area (Å²) in [6, 6.07) is 0. The van der Waals surface area contributed by atoms with Crippen molar-refractivity contribution >= 4 is 0 Å². The monoisotopic (exact) mass is 273 g/mol. The maximum absolute atomic E-state index is 12.1.